The average molecular weight is 367 g/mol. The van der Waals surface area contributed by atoms with Crippen LogP contribution in [0.4, 0.5) is 5.69 Å². The summed E-state index contributed by atoms with van der Waals surface area (Å²) in [4.78, 5) is 14.8. The van der Waals surface area contributed by atoms with Gasteiger partial charge in [-0.25, -0.2) is 0 Å². The van der Waals surface area contributed by atoms with Gasteiger partial charge in [-0.3, -0.25) is 4.79 Å². The Hall–Kier alpha value is -2.72. The molecule has 1 aliphatic rings. The summed E-state index contributed by atoms with van der Waals surface area (Å²) in [5.41, 5.74) is 3.08. The van der Waals surface area contributed by atoms with Crippen molar-refractivity contribution < 1.29 is 9.21 Å². The molecule has 1 N–H and O–H groups in total. The van der Waals surface area contributed by atoms with Crippen LogP contribution >= 0.6 is 11.6 Å². The van der Waals surface area contributed by atoms with E-state index in [1.165, 1.54) is 11.3 Å². The minimum atomic E-state index is -0.142. The molecule has 4 nitrogen and oxygen atoms in total. The number of nitrogens with one attached hydrogen (secondary N) is 1. The summed E-state index contributed by atoms with van der Waals surface area (Å²) in [7, 11) is 0. The fourth-order valence-corrected chi connectivity index (χ4v) is 3.64. The summed E-state index contributed by atoms with van der Waals surface area (Å²) >= 11 is 5.99. The summed E-state index contributed by atoms with van der Waals surface area (Å²) < 4.78 is 5.67. The Morgan fingerprint density at radius 3 is 2.85 bits per heavy atom. The van der Waals surface area contributed by atoms with Gasteiger partial charge in [-0.2, -0.15) is 0 Å². The molecule has 2 heterocycles. The van der Waals surface area contributed by atoms with Gasteiger partial charge in [-0.05, 0) is 48.4 Å². The highest BCUT2D eigenvalue weighted by Crippen LogP contribution is 2.35. The average Bonchev–Trinajstić information content (AvgIpc) is 3.32. The first-order chi connectivity index (χ1) is 12.7. The van der Waals surface area contributed by atoms with Gasteiger partial charge in [-0.15, -0.1) is 0 Å². The number of carbonyl (C=O) groups is 1. The number of hydrogen-bond acceptors (Lipinski definition) is 3. The summed E-state index contributed by atoms with van der Waals surface area (Å²) in [6.45, 7) is 1.35. The Labute approximate surface area is 157 Å². The van der Waals surface area contributed by atoms with Gasteiger partial charge < -0.3 is 14.6 Å². The summed E-state index contributed by atoms with van der Waals surface area (Å²) in [6.07, 6.45) is 2.67. The standard InChI is InChI=1S/C21H19ClN2O2/c22-17-7-3-6-16(13-17)21(25)23-14-19(20-9-4-12-26-20)24-11-10-15-5-1-2-8-18(15)24/h1-9,12-13,19H,10-11,14H2,(H,23,25)/t19-/m1/s1. The van der Waals surface area contributed by atoms with Gasteiger partial charge in [0.1, 0.15) is 11.8 Å². The van der Waals surface area contributed by atoms with Crippen molar-refractivity contribution in [3.8, 4) is 0 Å². The molecule has 1 aromatic heterocycles. The molecule has 0 aliphatic carbocycles. The van der Waals surface area contributed by atoms with Crippen molar-refractivity contribution in [2.45, 2.75) is 12.5 Å². The molecule has 3 aromatic rings. The van der Waals surface area contributed by atoms with E-state index >= 15 is 0 Å². The van der Waals surface area contributed by atoms with Gasteiger partial charge in [0.25, 0.3) is 5.91 Å². The van der Waals surface area contributed by atoms with E-state index in [2.05, 4.69) is 28.4 Å². The van der Waals surface area contributed by atoms with Gasteiger partial charge in [0, 0.05) is 29.4 Å². The molecule has 2 aromatic carbocycles. The van der Waals surface area contributed by atoms with Crippen LogP contribution in [0.2, 0.25) is 5.02 Å². The Bertz CT molecular complexity index is 908. The molecule has 1 amide bonds. The third-order valence-electron chi connectivity index (χ3n) is 4.71. The molecule has 1 aliphatic heterocycles. The van der Waals surface area contributed by atoms with Crippen LogP contribution in [0.25, 0.3) is 0 Å². The fourth-order valence-electron chi connectivity index (χ4n) is 3.45. The lowest BCUT2D eigenvalue weighted by molar-refractivity contribution is 0.0950. The van der Waals surface area contributed by atoms with Crippen molar-refractivity contribution >= 4 is 23.2 Å². The normalized spacial score (nSPS) is 14.1. The minimum Gasteiger partial charge on any atom is -0.467 e. The van der Waals surface area contributed by atoms with Crippen molar-refractivity contribution in [1.82, 2.24) is 5.32 Å². The molecule has 26 heavy (non-hydrogen) atoms. The van der Waals surface area contributed by atoms with E-state index in [0.717, 1.165) is 18.7 Å². The first-order valence-corrected chi connectivity index (χ1v) is 9.02. The number of furan rings is 1. The second-order valence-corrected chi connectivity index (χ2v) is 6.76. The second-order valence-electron chi connectivity index (χ2n) is 6.32. The molecule has 132 valence electrons. The maximum Gasteiger partial charge on any atom is 0.251 e. The highest BCUT2D eigenvalue weighted by atomic mass is 35.5. The lowest BCUT2D eigenvalue weighted by Gasteiger charge is -2.29. The Balaban J connectivity index is 1.55. The third kappa shape index (κ3) is 3.33. The van der Waals surface area contributed by atoms with Gasteiger partial charge in [-0.1, -0.05) is 35.9 Å². The Morgan fingerprint density at radius 1 is 1.15 bits per heavy atom. The summed E-state index contributed by atoms with van der Waals surface area (Å²) in [5.74, 6) is 0.699. The first kappa shape index (κ1) is 16.7. The second kappa shape index (κ2) is 7.26. The van der Waals surface area contributed by atoms with Crippen LogP contribution in [-0.2, 0) is 6.42 Å². The number of anilines is 1. The Morgan fingerprint density at radius 2 is 2.04 bits per heavy atom. The lowest BCUT2D eigenvalue weighted by Crippen LogP contribution is -2.37. The zero-order valence-electron chi connectivity index (χ0n) is 14.2. The number of carbonyl (C=O) groups excluding carboxylic acids is 1. The highest BCUT2D eigenvalue weighted by molar-refractivity contribution is 6.30. The SMILES string of the molecule is O=C(NC[C@H](c1ccco1)N1CCc2ccccc21)c1cccc(Cl)c1. The fraction of sp³-hybridized carbons (Fsp3) is 0.190. The molecule has 0 spiro atoms. The van der Waals surface area contributed by atoms with E-state index in [1.807, 2.05) is 18.2 Å². The van der Waals surface area contributed by atoms with Gasteiger partial charge in [0.15, 0.2) is 0 Å². The number of rotatable bonds is 5. The minimum absolute atomic E-state index is 0.0585. The molecule has 0 fully saturated rings. The number of nitrogens with zero attached hydrogens (tertiary/aromatic N) is 1. The molecular weight excluding hydrogens is 348 g/mol. The molecule has 0 saturated carbocycles. The van der Waals surface area contributed by atoms with E-state index < -0.39 is 0 Å². The predicted molar refractivity (Wildman–Crippen MR) is 103 cm³/mol. The van der Waals surface area contributed by atoms with Crippen LogP contribution in [0.5, 0.6) is 0 Å². The lowest BCUT2D eigenvalue weighted by atomic mass is 10.1. The van der Waals surface area contributed by atoms with Crippen LogP contribution in [0.3, 0.4) is 0 Å². The summed E-state index contributed by atoms with van der Waals surface area (Å²) in [5, 5.41) is 3.57. The maximum absolute atomic E-state index is 12.5. The van der Waals surface area contributed by atoms with Crippen molar-refractivity contribution in [2.75, 3.05) is 18.0 Å². The Kier molecular flexibility index (Phi) is 4.67. The van der Waals surface area contributed by atoms with Crippen LogP contribution in [-0.4, -0.2) is 19.0 Å². The smallest absolute Gasteiger partial charge is 0.251 e. The quantitative estimate of drug-likeness (QED) is 0.724. The number of para-hydroxylation sites is 1. The highest BCUT2D eigenvalue weighted by Gasteiger charge is 2.29. The van der Waals surface area contributed by atoms with Gasteiger partial charge >= 0.3 is 0 Å². The first-order valence-electron chi connectivity index (χ1n) is 8.64. The van der Waals surface area contributed by atoms with Gasteiger partial charge in [0.2, 0.25) is 0 Å². The number of fused-ring (bicyclic) bond motifs is 1. The predicted octanol–water partition coefficient (Wildman–Crippen LogP) is 4.47. The van der Waals surface area contributed by atoms with Crippen molar-refractivity contribution in [3.63, 3.8) is 0 Å². The third-order valence-corrected chi connectivity index (χ3v) is 4.95. The summed E-state index contributed by atoms with van der Waals surface area (Å²) in [6, 6.07) is 19.1. The van der Waals surface area contributed by atoms with E-state index in [9.17, 15) is 4.79 Å². The molecule has 0 saturated heterocycles. The van der Waals surface area contributed by atoms with Crippen molar-refractivity contribution in [1.29, 1.82) is 0 Å². The number of amides is 1. The van der Waals surface area contributed by atoms with Crippen molar-refractivity contribution in [3.05, 3.63) is 88.8 Å². The maximum atomic E-state index is 12.5. The van der Waals surface area contributed by atoms with E-state index in [1.54, 1.807) is 30.5 Å². The molecule has 1 atom stereocenters. The van der Waals surface area contributed by atoms with Crippen LogP contribution in [0.1, 0.15) is 27.7 Å². The largest absolute Gasteiger partial charge is 0.467 e. The molecule has 0 unspecified atom stereocenters. The molecule has 0 radical (unpaired) electrons. The molecule has 0 bridgehead atoms. The van der Waals surface area contributed by atoms with E-state index in [0.29, 0.717) is 17.1 Å². The number of halogens is 1. The van der Waals surface area contributed by atoms with E-state index in [4.69, 9.17) is 16.0 Å². The van der Waals surface area contributed by atoms with Crippen LogP contribution in [0, 0.1) is 0 Å². The molecular formula is C21H19ClN2O2. The molecule has 4 rings (SSSR count). The topological polar surface area (TPSA) is 45.5 Å². The number of benzene rings is 2. The van der Waals surface area contributed by atoms with Crippen molar-refractivity contribution in [2.24, 2.45) is 0 Å². The monoisotopic (exact) mass is 366 g/mol. The van der Waals surface area contributed by atoms with E-state index in [-0.39, 0.29) is 11.9 Å². The molecule has 5 heteroatoms. The zero-order chi connectivity index (χ0) is 17.9. The number of hydrogen-bond donors (Lipinski definition) is 1. The zero-order valence-corrected chi connectivity index (χ0v) is 14.9. The van der Waals surface area contributed by atoms with Crippen LogP contribution in [0.15, 0.2) is 71.3 Å². The van der Waals surface area contributed by atoms with Gasteiger partial charge in [0.05, 0.1) is 6.26 Å². The van der Waals surface area contributed by atoms with Crippen LogP contribution < -0.4 is 10.2 Å².